The molecule has 198 valence electrons. The molecule has 36 heavy (non-hydrogen) atoms. The van der Waals surface area contributed by atoms with Gasteiger partial charge in [-0.3, -0.25) is 0 Å². The summed E-state index contributed by atoms with van der Waals surface area (Å²) < 4.78 is 10.7. The van der Waals surface area contributed by atoms with Crippen molar-refractivity contribution < 1.29 is 19.1 Å². The van der Waals surface area contributed by atoms with Crippen LogP contribution in [0.2, 0.25) is 0 Å². The van der Waals surface area contributed by atoms with Gasteiger partial charge in [0, 0.05) is 11.5 Å². The first-order chi connectivity index (χ1) is 16.8. The van der Waals surface area contributed by atoms with Gasteiger partial charge in [0.2, 0.25) is 0 Å². The zero-order valence-corrected chi connectivity index (χ0v) is 23.1. The van der Waals surface area contributed by atoms with E-state index in [2.05, 4.69) is 49.3 Å². The molecule has 1 aromatic rings. The van der Waals surface area contributed by atoms with Gasteiger partial charge in [0.25, 0.3) is 0 Å². The number of hydrogen-bond donors (Lipinski definition) is 2. The molecule has 0 radical (unpaired) electrons. The summed E-state index contributed by atoms with van der Waals surface area (Å²) in [7, 11) is 0. The fourth-order valence-corrected chi connectivity index (χ4v) is 4.06. The van der Waals surface area contributed by atoms with Crippen molar-refractivity contribution in [2.24, 2.45) is 11.8 Å². The lowest BCUT2D eigenvalue weighted by molar-refractivity contribution is 0.116. The second-order valence-electron chi connectivity index (χ2n) is 11.0. The third-order valence-electron chi connectivity index (χ3n) is 6.61. The molecule has 0 saturated heterocycles. The summed E-state index contributed by atoms with van der Waals surface area (Å²) >= 11 is 0. The van der Waals surface area contributed by atoms with E-state index in [0.717, 1.165) is 23.1 Å². The lowest BCUT2D eigenvalue weighted by atomic mass is 9.79. The van der Waals surface area contributed by atoms with Gasteiger partial charge in [-0.05, 0) is 82.6 Å². The predicted molar refractivity (Wildman–Crippen MR) is 147 cm³/mol. The van der Waals surface area contributed by atoms with E-state index >= 15 is 0 Å². The maximum atomic E-state index is 12.3. The molecule has 2 N–H and O–H groups in total. The van der Waals surface area contributed by atoms with Crippen molar-refractivity contribution in [1.29, 1.82) is 0 Å². The van der Waals surface area contributed by atoms with E-state index in [9.17, 15) is 9.59 Å². The first-order valence-corrected chi connectivity index (χ1v) is 12.9. The summed E-state index contributed by atoms with van der Waals surface area (Å²) in [6, 6.07) is 7.95. The van der Waals surface area contributed by atoms with Gasteiger partial charge >= 0.3 is 12.2 Å². The molecule has 1 atom stereocenters. The van der Waals surface area contributed by atoms with Crippen molar-refractivity contribution in [3.63, 3.8) is 0 Å². The van der Waals surface area contributed by atoms with Crippen LogP contribution in [0.25, 0.3) is 5.57 Å². The molecule has 0 saturated carbocycles. The molecule has 0 heterocycles. The highest BCUT2D eigenvalue weighted by atomic mass is 16.6. The summed E-state index contributed by atoms with van der Waals surface area (Å²) in [5, 5.41) is 5.93. The maximum Gasteiger partial charge on any atom is 0.407 e. The highest BCUT2D eigenvalue weighted by Gasteiger charge is 2.31. The van der Waals surface area contributed by atoms with Crippen LogP contribution in [0.15, 0.2) is 54.6 Å². The van der Waals surface area contributed by atoms with Crippen LogP contribution in [-0.4, -0.2) is 30.9 Å². The fourth-order valence-electron chi connectivity index (χ4n) is 4.06. The van der Waals surface area contributed by atoms with Crippen LogP contribution in [0, 0.1) is 11.8 Å². The van der Waals surface area contributed by atoms with Gasteiger partial charge in [-0.15, -0.1) is 0 Å². The molecule has 1 unspecified atom stereocenters. The molecule has 0 spiro atoms. The van der Waals surface area contributed by atoms with Crippen LogP contribution in [-0.2, 0) is 15.0 Å². The lowest BCUT2D eigenvalue weighted by Gasteiger charge is -2.34. The number of nitrogens with one attached hydrogen (secondary N) is 2. The van der Waals surface area contributed by atoms with Crippen LogP contribution in [0.5, 0.6) is 0 Å². The molecule has 1 aromatic carbocycles. The molecule has 6 heteroatoms. The van der Waals surface area contributed by atoms with E-state index in [4.69, 9.17) is 9.47 Å². The summed E-state index contributed by atoms with van der Waals surface area (Å²) in [5.74, 6) is 0.668. The highest BCUT2D eigenvalue weighted by Crippen LogP contribution is 2.30. The number of rotatable bonds is 11. The van der Waals surface area contributed by atoms with Gasteiger partial charge in [0.05, 0.1) is 18.8 Å². The first kappa shape index (κ1) is 29.2. The second-order valence-corrected chi connectivity index (χ2v) is 11.0. The summed E-state index contributed by atoms with van der Waals surface area (Å²) in [5.41, 5.74) is 3.27. The summed E-state index contributed by atoms with van der Waals surface area (Å²) in [6.07, 6.45) is 7.79. The zero-order chi connectivity index (χ0) is 26.9. The van der Waals surface area contributed by atoms with Crippen LogP contribution in [0.1, 0.15) is 78.9 Å². The molecule has 2 rings (SSSR count). The van der Waals surface area contributed by atoms with Crippen LogP contribution in [0.3, 0.4) is 0 Å². The monoisotopic (exact) mass is 496 g/mol. The van der Waals surface area contributed by atoms with Gasteiger partial charge < -0.3 is 20.1 Å². The first-order valence-electron chi connectivity index (χ1n) is 12.9. The minimum Gasteiger partial charge on any atom is -0.450 e. The summed E-state index contributed by atoms with van der Waals surface area (Å²) in [6.45, 7) is 18.7. The van der Waals surface area contributed by atoms with Crippen molar-refractivity contribution in [2.75, 3.05) is 13.2 Å². The number of benzene rings is 1. The summed E-state index contributed by atoms with van der Waals surface area (Å²) in [4.78, 5) is 24.7. The smallest absolute Gasteiger partial charge is 0.407 e. The quantitative estimate of drug-likeness (QED) is 0.320. The standard InChI is InChI=1S/C30H44N2O4/c1-21(2)23-13-11-15-25(19-23)29(5,6)31-27(33)35-17-9-10-18-36-28(34)32-30(7,8)26-16-12-14-24(20-26)22(3)4/h11-15,19-20,22,26H,1,9-10,16-18H2,2-8H3,(H,31,33)(H,32,34). The van der Waals surface area contributed by atoms with Crippen molar-refractivity contribution in [3.8, 4) is 0 Å². The molecule has 0 bridgehead atoms. The molecule has 0 aromatic heterocycles. The Morgan fingerprint density at radius 1 is 1.06 bits per heavy atom. The van der Waals surface area contributed by atoms with Gasteiger partial charge in [-0.25, -0.2) is 9.59 Å². The van der Waals surface area contributed by atoms with E-state index in [1.54, 1.807) is 0 Å². The number of carbonyl (C=O) groups is 2. The van der Waals surface area contributed by atoms with E-state index in [0.29, 0.717) is 18.8 Å². The number of alkyl carbamates (subject to hydrolysis) is 2. The van der Waals surface area contributed by atoms with Gasteiger partial charge in [-0.1, -0.05) is 62.4 Å². The van der Waals surface area contributed by atoms with E-state index in [-0.39, 0.29) is 19.1 Å². The highest BCUT2D eigenvalue weighted by molar-refractivity contribution is 5.69. The van der Waals surface area contributed by atoms with Crippen molar-refractivity contribution >= 4 is 17.8 Å². The Morgan fingerprint density at radius 2 is 1.67 bits per heavy atom. The molecular weight excluding hydrogens is 452 g/mol. The molecule has 6 nitrogen and oxygen atoms in total. The van der Waals surface area contributed by atoms with Crippen LogP contribution < -0.4 is 10.6 Å². The number of carbonyl (C=O) groups excluding carboxylic acids is 2. The molecule has 2 amide bonds. The number of allylic oxidation sites excluding steroid dienone is 4. The zero-order valence-electron chi connectivity index (χ0n) is 23.1. The normalized spacial score (nSPS) is 15.8. The Balaban J connectivity index is 1.68. The van der Waals surface area contributed by atoms with E-state index < -0.39 is 23.3 Å². The van der Waals surface area contributed by atoms with Gasteiger partial charge in [0.1, 0.15) is 0 Å². The fraction of sp³-hybridized carbons (Fsp3) is 0.533. The van der Waals surface area contributed by atoms with Crippen LogP contribution in [0.4, 0.5) is 9.59 Å². The Hall–Kier alpha value is -3.02. The van der Waals surface area contributed by atoms with Crippen LogP contribution >= 0.6 is 0 Å². The number of amides is 2. The number of hydrogen-bond acceptors (Lipinski definition) is 4. The Morgan fingerprint density at radius 3 is 2.25 bits per heavy atom. The third-order valence-corrected chi connectivity index (χ3v) is 6.61. The molecule has 1 aliphatic rings. The van der Waals surface area contributed by atoms with E-state index in [1.807, 2.05) is 58.9 Å². The average Bonchev–Trinajstić information content (AvgIpc) is 2.80. The average molecular weight is 497 g/mol. The SMILES string of the molecule is C=C(C)c1cccc(C(C)(C)NC(=O)OCCCCOC(=O)NC(C)(C)C2C=C(C(C)C)C=CC2)c1. The molecule has 0 aliphatic heterocycles. The lowest BCUT2D eigenvalue weighted by Crippen LogP contribution is -2.49. The predicted octanol–water partition coefficient (Wildman–Crippen LogP) is 7.12. The second kappa shape index (κ2) is 12.8. The van der Waals surface area contributed by atoms with E-state index in [1.165, 1.54) is 5.57 Å². The van der Waals surface area contributed by atoms with Gasteiger partial charge in [-0.2, -0.15) is 0 Å². The Bertz CT molecular complexity index is 988. The molecular formula is C30H44N2O4. The topological polar surface area (TPSA) is 76.7 Å². The third kappa shape index (κ3) is 8.89. The molecule has 0 fully saturated rings. The van der Waals surface area contributed by atoms with Crippen molar-refractivity contribution in [2.45, 2.75) is 78.8 Å². The Kier molecular flexibility index (Phi) is 10.4. The Labute approximate surface area is 217 Å². The largest absolute Gasteiger partial charge is 0.450 e. The molecule has 1 aliphatic carbocycles. The van der Waals surface area contributed by atoms with Crippen molar-refractivity contribution in [3.05, 3.63) is 65.8 Å². The number of ether oxygens (including phenoxy) is 2. The van der Waals surface area contributed by atoms with Crippen molar-refractivity contribution in [1.82, 2.24) is 10.6 Å². The maximum absolute atomic E-state index is 12.3. The number of unbranched alkanes of at least 4 members (excludes halogenated alkanes) is 1. The van der Waals surface area contributed by atoms with Gasteiger partial charge in [0.15, 0.2) is 0 Å². The minimum absolute atomic E-state index is 0.215. The minimum atomic E-state index is -0.588.